The highest BCUT2D eigenvalue weighted by Gasteiger charge is 2.37. The summed E-state index contributed by atoms with van der Waals surface area (Å²) in [5.74, 6) is 0.542. The van der Waals surface area contributed by atoms with Gasteiger partial charge in [0.2, 0.25) is 5.91 Å². The zero-order valence-corrected chi connectivity index (χ0v) is 7.25. The lowest BCUT2D eigenvalue weighted by Gasteiger charge is -2.24. The van der Waals surface area contributed by atoms with Crippen molar-refractivity contribution in [2.24, 2.45) is 11.7 Å². The second-order valence-electron chi connectivity index (χ2n) is 4.01. The molecule has 0 radical (unpaired) electrons. The van der Waals surface area contributed by atoms with Gasteiger partial charge in [0.1, 0.15) is 0 Å². The molecule has 3 atom stereocenters. The first-order valence-corrected chi connectivity index (χ1v) is 4.83. The Morgan fingerprint density at radius 1 is 1.33 bits per heavy atom. The van der Waals surface area contributed by atoms with Crippen LogP contribution >= 0.6 is 0 Å². The lowest BCUT2D eigenvalue weighted by atomic mass is 9.85. The minimum Gasteiger partial charge on any atom is -0.368 e. The predicted molar refractivity (Wildman–Crippen MR) is 46.5 cm³/mol. The number of hydrogen-bond donors (Lipinski definition) is 2. The molecule has 2 rings (SSSR count). The van der Waals surface area contributed by atoms with Gasteiger partial charge in [-0.3, -0.25) is 4.79 Å². The number of carbonyl (C=O) groups excluding carboxylic acids is 1. The fourth-order valence-corrected chi connectivity index (χ4v) is 2.54. The second kappa shape index (κ2) is 3.05. The molecule has 2 aliphatic rings. The van der Waals surface area contributed by atoms with Gasteiger partial charge in [-0.15, -0.1) is 0 Å². The summed E-state index contributed by atoms with van der Waals surface area (Å²) in [5.41, 5.74) is 5.25. The SMILES string of the molecule is NC(=O)C1C[C@@H]2CCCC[C@@H]2N1. The van der Waals surface area contributed by atoms with Gasteiger partial charge in [0, 0.05) is 6.04 Å². The number of nitrogens with one attached hydrogen (secondary N) is 1. The lowest BCUT2D eigenvalue weighted by Crippen LogP contribution is -2.40. The Morgan fingerprint density at radius 3 is 2.75 bits per heavy atom. The summed E-state index contributed by atoms with van der Waals surface area (Å²) in [6.45, 7) is 0. The summed E-state index contributed by atoms with van der Waals surface area (Å²) in [4.78, 5) is 10.9. The molecule has 3 heteroatoms. The molecule has 1 amide bonds. The number of primary amides is 1. The van der Waals surface area contributed by atoms with Gasteiger partial charge in [-0.05, 0) is 25.2 Å². The van der Waals surface area contributed by atoms with Gasteiger partial charge in [0.25, 0.3) is 0 Å². The van der Waals surface area contributed by atoms with Crippen LogP contribution in [0.15, 0.2) is 0 Å². The molecule has 68 valence electrons. The predicted octanol–water partition coefficient (Wildman–Crippen LogP) is 0.392. The molecular weight excluding hydrogens is 152 g/mol. The van der Waals surface area contributed by atoms with Crippen LogP contribution in [0.25, 0.3) is 0 Å². The third kappa shape index (κ3) is 1.33. The van der Waals surface area contributed by atoms with E-state index in [0.29, 0.717) is 6.04 Å². The van der Waals surface area contributed by atoms with Crippen molar-refractivity contribution < 1.29 is 4.79 Å². The smallest absolute Gasteiger partial charge is 0.234 e. The van der Waals surface area contributed by atoms with Crippen molar-refractivity contribution in [1.82, 2.24) is 5.32 Å². The zero-order valence-electron chi connectivity index (χ0n) is 7.25. The topological polar surface area (TPSA) is 55.1 Å². The van der Waals surface area contributed by atoms with E-state index < -0.39 is 0 Å². The molecule has 2 fully saturated rings. The van der Waals surface area contributed by atoms with Crippen LogP contribution in [0.5, 0.6) is 0 Å². The molecule has 1 saturated carbocycles. The van der Waals surface area contributed by atoms with E-state index in [1.54, 1.807) is 0 Å². The van der Waals surface area contributed by atoms with E-state index in [4.69, 9.17) is 5.73 Å². The molecule has 1 heterocycles. The van der Waals surface area contributed by atoms with E-state index in [0.717, 1.165) is 12.3 Å². The molecule has 1 unspecified atom stereocenters. The fourth-order valence-electron chi connectivity index (χ4n) is 2.54. The standard InChI is InChI=1S/C9H16N2O/c10-9(12)8-5-6-3-1-2-4-7(6)11-8/h6-8,11H,1-5H2,(H2,10,12)/t6-,7-,8?/m0/s1. The van der Waals surface area contributed by atoms with Crippen molar-refractivity contribution in [3.05, 3.63) is 0 Å². The average molecular weight is 168 g/mol. The Balaban J connectivity index is 1.98. The molecule has 0 aromatic heterocycles. The summed E-state index contributed by atoms with van der Waals surface area (Å²) in [7, 11) is 0. The van der Waals surface area contributed by atoms with Crippen LogP contribution in [0.3, 0.4) is 0 Å². The van der Waals surface area contributed by atoms with Crippen molar-refractivity contribution >= 4 is 5.91 Å². The van der Waals surface area contributed by atoms with E-state index >= 15 is 0 Å². The molecule has 0 spiro atoms. The van der Waals surface area contributed by atoms with Gasteiger partial charge in [-0.25, -0.2) is 0 Å². The molecule has 3 nitrogen and oxygen atoms in total. The minimum absolute atomic E-state index is 0.0434. The Morgan fingerprint density at radius 2 is 2.08 bits per heavy atom. The van der Waals surface area contributed by atoms with E-state index in [-0.39, 0.29) is 11.9 Å². The molecule has 1 aliphatic heterocycles. The highest BCUT2D eigenvalue weighted by atomic mass is 16.1. The van der Waals surface area contributed by atoms with Crippen molar-refractivity contribution in [2.75, 3.05) is 0 Å². The molecule has 0 aromatic rings. The second-order valence-corrected chi connectivity index (χ2v) is 4.01. The van der Waals surface area contributed by atoms with E-state index in [2.05, 4.69) is 5.32 Å². The summed E-state index contributed by atoms with van der Waals surface area (Å²) in [6.07, 6.45) is 6.11. The van der Waals surface area contributed by atoms with Crippen LogP contribution in [0, 0.1) is 5.92 Å². The Kier molecular flexibility index (Phi) is 2.05. The van der Waals surface area contributed by atoms with Crippen molar-refractivity contribution in [3.63, 3.8) is 0 Å². The molecule has 1 saturated heterocycles. The van der Waals surface area contributed by atoms with Crippen LogP contribution in [-0.4, -0.2) is 18.0 Å². The number of fused-ring (bicyclic) bond motifs is 1. The maximum atomic E-state index is 10.9. The Hall–Kier alpha value is -0.570. The van der Waals surface area contributed by atoms with Gasteiger partial charge in [-0.2, -0.15) is 0 Å². The summed E-state index contributed by atoms with van der Waals surface area (Å²) >= 11 is 0. The normalized spacial score (nSPS) is 40.8. The maximum absolute atomic E-state index is 10.9. The molecule has 3 N–H and O–H groups in total. The number of amides is 1. The van der Waals surface area contributed by atoms with Crippen molar-refractivity contribution in [3.8, 4) is 0 Å². The number of nitrogens with two attached hydrogens (primary N) is 1. The van der Waals surface area contributed by atoms with Gasteiger partial charge in [0.15, 0.2) is 0 Å². The third-order valence-electron chi connectivity index (χ3n) is 3.21. The Bertz CT molecular complexity index is 179. The maximum Gasteiger partial charge on any atom is 0.234 e. The first-order valence-electron chi connectivity index (χ1n) is 4.83. The quantitative estimate of drug-likeness (QED) is 0.595. The number of rotatable bonds is 1. The van der Waals surface area contributed by atoms with Gasteiger partial charge < -0.3 is 11.1 Å². The van der Waals surface area contributed by atoms with Gasteiger partial charge in [0.05, 0.1) is 6.04 Å². The van der Waals surface area contributed by atoms with Crippen LogP contribution in [0.1, 0.15) is 32.1 Å². The van der Waals surface area contributed by atoms with E-state index in [1.807, 2.05) is 0 Å². The molecule has 0 bridgehead atoms. The van der Waals surface area contributed by atoms with Crippen LogP contribution < -0.4 is 11.1 Å². The summed E-state index contributed by atoms with van der Waals surface area (Å²) < 4.78 is 0. The molecule has 0 aromatic carbocycles. The fraction of sp³-hybridized carbons (Fsp3) is 0.889. The highest BCUT2D eigenvalue weighted by molar-refractivity contribution is 5.80. The third-order valence-corrected chi connectivity index (χ3v) is 3.21. The molecule has 12 heavy (non-hydrogen) atoms. The number of hydrogen-bond acceptors (Lipinski definition) is 2. The minimum atomic E-state index is -0.176. The van der Waals surface area contributed by atoms with Crippen LogP contribution in [-0.2, 0) is 4.79 Å². The van der Waals surface area contributed by atoms with Crippen LogP contribution in [0.4, 0.5) is 0 Å². The van der Waals surface area contributed by atoms with Crippen LogP contribution in [0.2, 0.25) is 0 Å². The first kappa shape index (κ1) is 8.05. The van der Waals surface area contributed by atoms with Gasteiger partial charge >= 0.3 is 0 Å². The summed E-state index contributed by atoms with van der Waals surface area (Å²) in [6, 6.07) is 0.536. The van der Waals surface area contributed by atoms with E-state index in [9.17, 15) is 4.79 Å². The lowest BCUT2D eigenvalue weighted by molar-refractivity contribution is -0.119. The Labute approximate surface area is 72.7 Å². The highest BCUT2D eigenvalue weighted by Crippen LogP contribution is 2.32. The van der Waals surface area contributed by atoms with E-state index in [1.165, 1.54) is 25.7 Å². The first-order chi connectivity index (χ1) is 5.77. The summed E-state index contributed by atoms with van der Waals surface area (Å²) in [5, 5.41) is 3.32. The average Bonchev–Trinajstić information content (AvgIpc) is 2.46. The van der Waals surface area contributed by atoms with Crippen molar-refractivity contribution in [2.45, 2.75) is 44.2 Å². The molecule has 1 aliphatic carbocycles. The van der Waals surface area contributed by atoms with Gasteiger partial charge in [-0.1, -0.05) is 12.8 Å². The largest absolute Gasteiger partial charge is 0.368 e. The molecular formula is C9H16N2O. The monoisotopic (exact) mass is 168 g/mol. The van der Waals surface area contributed by atoms with Crippen molar-refractivity contribution in [1.29, 1.82) is 0 Å². The number of carbonyl (C=O) groups is 1. The zero-order chi connectivity index (χ0) is 8.55.